The topological polar surface area (TPSA) is 117 Å². The van der Waals surface area contributed by atoms with Gasteiger partial charge in [0.1, 0.15) is 17.2 Å². The number of benzene rings is 2. The number of nitrogens with zero attached hydrogens (tertiary/aromatic N) is 5. The highest BCUT2D eigenvalue weighted by Gasteiger charge is 2.39. The van der Waals surface area contributed by atoms with Crippen molar-refractivity contribution in [3.63, 3.8) is 0 Å². The molecule has 0 aliphatic heterocycles. The molecule has 2 rings (SSSR count). The summed E-state index contributed by atoms with van der Waals surface area (Å²) in [7, 11) is 0. The van der Waals surface area contributed by atoms with E-state index >= 15 is 0 Å². The van der Waals surface area contributed by atoms with E-state index in [9.17, 15) is 33.4 Å². The highest BCUT2D eigenvalue weighted by atomic mass is 19.4. The lowest BCUT2D eigenvalue weighted by atomic mass is 10.1. The number of hydrogen-bond acceptors (Lipinski definition) is 7. The molecule has 0 radical (unpaired) electrons. The minimum atomic E-state index is -4.74. The third kappa shape index (κ3) is 11.7. The minimum Gasteiger partial charge on any atom is -0.371 e. The van der Waals surface area contributed by atoms with Crippen molar-refractivity contribution in [3.8, 4) is 6.07 Å². The van der Waals surface area contributed by atoms with Crippen molar-refractivity contribution in [2.45, 2.75) is 98.2 Å². The minimum absolute atomic E-state index is 0.0625. The zero-order valence-electron chi connectivity index (χ0n) is 25.8. The van der Waals surface area contributed by atoms with Gasteiger partial charge in [0.15, 0.2) is 0 Å². The number of alkyl halides is 3. The first kappa shape index (κ1) is 37.1. The Bertz CT molecular complexity index is 1210. The zero-order chi connectivity index (χ0) is 32.6. The number of nitriles is 1. The molecule has 0 N–H and O–H groups in total. The number of unbranched alkanes of at least 4 members (excludes halogenated alkanes) is 4. The maximum absolute atomic E-state index is 13.0. The van der Waals surface area contributed by atoms with E-state index < -0.39 is 27.3 Å². The molecule has 1 atom stereocenters. The van der Waals surface area contributed by atoms with Crippen LogP contribution < -0.4 is 9.80 Å². The van der Waals surface area contributed by atoms with Gasteiger partial charge >= 0.3 is 6.18 Å². The molecule has 12 heteroatoms. The molecule has 238 valence electrons. The van der Waals surface area contributed by atoms with Gasteiger partial charge in [0, 0.05) is 49.2 Å². The second-order valence-corrected chi connectivity index (χ2v) is 10.4. The standard InChI is InChI=1S/C17H25N3O2.C14H19F3N2O2/c1-3-5-7-11-19(12-8-6-4-2)16-10-9-15(14-18)17(13-16)20(21)22;1-4-8-18(10(3)5-2)11-6-7-13(19(20)21)12(9-11)14(15,16)17/h9-10,13H,3-8,11-12H2,1-2H3;6-7,9-10H,4-5,8H2,1-3H3. The van der Waals surface area contributed by atoms with Gasteiger partial charge in [-0.15, -0.1) is 0 Å². The molecule has 0 bridgehead atoms. The Balaban J connectivity index is 0.000000430. The molecule has 1 unspecified atom stereocenters. The van der Waals surface area contributed by atoms with E-state index in [2.05, 4.69) is 18.7 Å². The fraction of sp³-hybridized carbons (Fsp3) is 0.581. The average Bonchev–Trinajstić information content (AvgIpc) is 2.98. The van der Waals surface area contributed by atoms with Crippen LogP contribution in [-0.2, 0) is 6.18 Å². The Hall–Kier alpha value is -3.88. The van der Waals surface area contributed by atoms with Crippen molar-refractivity contribution < 1.29 is 23.0 Å². The molecule has 2 aromatic rings. The Morgan fingerprint density at radius 2 is 1.37 bits per heavy atom. The molecule has 0 spiro atoms. The van der Waals surface area contributed by atoms with E-state index in [-0.39, 0.29) is 17.3 Å². The van der Waals surface area contributed by atoms with Crippen LogP contribution in [0.3, 0.4) is 0 Å². The molecule has 9 nitrogen and oxygen atoms in total. The zero-order valence-corrected chi connectivity index (χ0v) is 25.8. The third-order valence-corrected chi connectivity index (χ3v) is 7.13. The summed E-state index contributed by atoms with van der Waals surface area (Å²) in [5.41, 5.74) is -0.880. The van der Waals surface area contributed by atoms with Crippen LogP contribution in [0.25, 0.3) is 0 Å². The van der Waals surface area contributed by atoms with Crippen LogP contribution in [0.1, 0.15) is 97.1 Å². The first-order valence-corrected chi connectivity index (χ1v) is 14.9. The van der Waals surface area contributed by atoms with Crippen LogP contribution in [-0.4, -0.2) is 35.5 Å². The number of halogens is 3. The molecule has 0 aromatic heterocycles. The number of hydrogen-bond donors (Lipinski definition) is 0. The third-order valence-electron chi connectivity index (χ3n) is 7.13. The van der Waals surface area contributed by atoms with E-state index in [1.54, 1.807) is 6.07 Å². The lowest BCUT2D eigenvalue weighted by Crippen LogP contribution is -2.33. The van der Waals surface area contributed by atoms with Crippen LogP contribution >= 0.6 is 0 Å². The summed E-state index contributed by atoms with van der Waals surface area (Å²) >= 11 is 0. The Kier molecular flexibility index (Phi) is 16.1. The molecule has 0 aliphatic carbocycles. The summed E-state index contributed by atoms with van der Waals surface area (Å²) in [4.78, 5) is 24.4. The van der Waals surface area contributed by atoms with E-state index in [1.807, 2.05) is 37.8 Å². The summed E-state index contributed by atoms with van der Waals surface area (Å²) in [5, 5.41) is 30.8. The second kappa shape index (κ2) is 18.6. The second-order valence-electron chi connectivity index (χ2n) is 10.4. The average molecular weight is 608 g/mol. The van der Waals surface area contributed by atoms with E-state index in [1.165, 1.54) is 12.1 Å². The van der Waals surface area contributed by atoms with Gasteiger partial charge in [0.25, 0.3) is 11.4 Å². The van der Waals surface area contributed by atoms with Crippen LogP contribution in [0, 0.1) is 31.6 Å². The molecule has 0 amide bonds. The van der Waals surface area contributed by atoms with Crippen LogP contribution in [0.4, 0.5) is 35.9 Å². The smallest absolute Gasteiger partial charge is 0.371 e. The maximum atomic E-state index is 13.0. The van der Waals surface area contributed by atoms with Gasteiger partial charge in [0.2, 0.25) is 0 Å². The normalized spacial score (nSPS) is 11.6. The van der Waals surface area contributed by atoms with Gasteiger partial charge in [-0.05, 0) is 56.9 Å². The summed E-state index contributed by atoms with van der Waals surface area (Å²) in [6.45, 7) is 12.5. The Morgan fingerprint density at radius 3 is 1.81 bits per heavy atom. The van der Waals surface area contributed by atoms with E-state index in [0.29, 0.717) is 12.2 Å². The molecule has 2 aromatic carbocycles. The number of anilines is 2. The summed E-state index contributed by atoms with van der Waals surface area (Å²) in [5.74, 6) is 0. The van der Waals surface area contributed by atoms with Gasteiger partial charge in [-0.1, -0.05) is 53.4 Å². The summed E-state index contributed by atoms with van der Waals surface area (Å²) < 4.78 is 39.0. The lowest BCUT2D eigenvalue weighted by Gasteiger charge is -2.31. The monoisotopic (exact) mass is 607 g/mol. The van der Waals surface area contributed by atoms with Crippen LogP contribution in [0.2, 0.25) is 0 Å². The Labute approximate surface area is 252 Å². The molecule has 43 heavy (non-hydrogen) atoms. The predicted molar refractivity (Wildman–Crippen MR) is 165 cm³/mol. The van der Waals surface area contributed by atoms with E-state index in [4.69, 9.17) is 5.26 Å². The van der Waals surface area contributed by atoms with Crippen molar-refractivity contribution in [2.24, 2.45) is 0 Å². The number of nitro benzene ring substituents is 2. The van der Waals surface area contributed by atoms with E-state index in [0.717, 1.165) is 82.3 Å². The molecule has 0 saturated heterocycles. The SMILES string of the molecule is CCCCCN(CCCCC)c1ccc(C#N)c([N+](=O)[O-])c1.CCCN(c1ccc([N+](=O)[O-])c(C(F)(F)F)c1)C(C)CC. The maximum Gasteiger partial charge on any atom is 0.423 e. The van der Waals surface area contributed by atoms with Gasteiger partial charge in [-0.25, -0.2) is 0 Å². The van der Waals surface area contributed by atoms with Crippen LogP contribution in [0.15, 0.2) is 36.4 Å². The first-order chi connectivity index (χ1) is 20.4. The predicted octanol–water partition coefficient (Wildman–Crippen LogP) is 9.28. The van der Waals surface area contributed by atoms with Gasteiger partial charge in [-0.2, -0.15) is 18.4 Å². The number of rotatable bonds is 16. The van der Waals surface area contributed by atoms with Crippen molar-refractivity contribution in [2.75, 3.05) is 29.4 Å². The van der Waals surface area contributed by atoms with Crippen molar-refractivity contribution in [1.29, 1.82) is 5.26 Å². The van der Waals surface area contributed by atoms with Gasteiger partial charge < -0.3 is 9.80 Å². The summed E-state index contributed by atoms with van der Waals surface area (Å²) in [6, 6.07) is 10.1. The van der Waals surface area contributed by atoms with Crippen molar-refractivity contribution in [3.05, 3.63) is 67.8 Å². The largest absolute Gasteiger partial charge is 0.423 e. The highest BCUT2D eigenvalue weighted by Crippen LogP contribution is 2.38. The summed E-state index contributed by atoms with van der Waals surface area (Å²) in [6.07, 6.45) is 3.58. The molecule has 0 aliphatic rings. The fourth-order valence-electron chi connectivity index (χ4n) is 4.59. The molecule has 0 fully saturated rings. The lowest BCUT2D eigenvalue weighted by molar-refractivity contribution is -0.388. The highest BCUT2D eigenvalue weighted by molar-refractivity contribution is 5.60. The molecule has 0 heterocycles. The fourth-order valence-corrected chi connectivity index (χ4v) is 4.59. The molecule has 0 saturated carbocycles. The van der Waals surface area contributed by atoms with Gasteiger partial charge in [0.05, 0.1) is 9.85 Å². The number of nitro groups is 2. The quantitative estimate of drug-likeness (QED) is 0.106. The van der Waals surface area contributed by atoms with Crippen LogP contribution in [0.5, 0.6) is 0 Å². The van der Waals surface area contributed by atoms with Crippen molar-refractivity contribution >= 4 is 22.7 Å². The molecular formula is C31H44F3N5O4. The molecular weight excluding hydrogens is 563 g/mol. The first-order valence-electron chi connectivity index (χ1n) is 14.9. The Morgan fingerprint density at radius 1 is 0.814 bits per heavy atom. The van der Waals surface area contributed by atoms with Crippen molar-refractivity contribution in [1.82, 2.24) is 0 Å². The van der Waals surface area contributed by atoms with Gasteiger partial charge in [-0.3, -0.25) is 20.2 Å².